The molecule has 142 valence electrons. The second-order valence-electron chi connectivity index (χ2n) is 6.46. The van der Waals surface area contributed by atoms with Crippen molar-refractivity contribution in [2.75, 3.05) is 26.2 Å². The third kappa shape index (κ3) is 5.17. The molecule has 27 heavy (non-hydrogen) atoms. The van der Waals surface area contributed by atoms with Crippen LogP contribution in [0.15, 0.2) is 47.8 Å². The van der Waals surface area contributed by atoms with Gasteiger partial charge in [-0.15, -0.1) is 11.3 Å². The molecule has 1 fully saturated rings. The lowest BCUT2D eigenvalue weighted by Crippen LogP contribution is -2.44. The number of benzene rings is 1. The minimum Gasteiger partial charge on any atom is -0.354 e. The van der Waals surface area contributed by atoms with E-state index in [0.717, 1.165) is 4.88 Å². The number of rotatable bonds is 6. The molecule has 0 saturated carbocycles. The van der Waals surface area contributed by atoms with Crippen LogP contribution in [-0.2, 0) is 4.79 Å². The minimum atomic E-state index is -0.148. The quantitative estimate of drug-likeness (QED) is 0.748. The standard InChI is InChI=1S/C20H23N3O3S/c24-18(15-5-2-1-3-6-15)21-10-11-22-19(25)16-8-12-23(13-9-16)20(26)17-7-4-14-27-17/h1-7,14,16H,8-13H2,(H,21,24)(H,22,25). The Balaban J connectivity index is 1.35. The molecule has 2 heterocycles. The van der Waals surface area contributed by atoms with Crippen LogP contribution in [0.5, 0.6) is 0 Å². The van der Waals surface area contributed by atoms with Gasteiger partial charge in [0.2, 0.25) is 5.91 Å². The first kappa shape index (κ1) is 19.1. The van der Waals surface area contributed by atoms with Gasteiger partial charge in [-0.3, -0.25) is 14.4 Å². The van der Waals surface area contributed by atoms with Gasteiger partial charge in [-0.2, -0.15) is 0 Å². The third-order valence-electron chi connectivity index (χ3n) is 4.63. The van der Waals surface area contributed by atoms with Crippen molar-refractivity contribution in [3.8, 4) is 0 Å². The molecule has 0 atom stereocenters. The first-order valence-electron chi connectivity index (χ1n) is 9.09. The van der Waals surface area contributed by atoms with Crippen LogP contribution in [0.2, 0.25) is 0 Å². The van der Waals surface area contributed by atoms with E-state index in [9.17, 15) is 14.4 Å². The molecule has 3 rings (SSSR count). The highest BCUT2D eigenvalue weighted by Gasteiger charge is 2.27. The summed E-state index contributed by atoms with van der Waals surface area (Å²) in [6, 6.07) is 12.7. The van der Waals surface area contributed by atoms with E-state index in [-0.39, 0.29) is 23.6 Å². The molecule has 3 amide bonds. The number of piperidine rings is 1. The molecule has 1 aliphatic rings. The minimum absolute atomic E-state index is 0.00724. The molecule has 0 spiro atoms. The van der Waals surface area contributed by atoms with Crippen LogP contribution in [-0.4, -0.2) is 48.8 Å². The van der Waals surface area contributed by atoms with Gasteiger partial charge >= 0.3 is 0 Å². The van der Waals surface area contributed by atoms with E-state index in [1.807, 2.05) is 40.6 Å². The summed E-state index contributed by atoms with van der Waals surface area (Å²) in [6.07, 6.45) is 1.33. The number of nitrogens with one attached hydrogen (secondary N) is 2. The molecular weight excluding hydrogens is 362 g/mol. The Morgan fingerprint density at radius 1 is 0.963 bits per heavy atom. The lowest BCUT2D eigenvalue weighted by molar-refractivity contribution is -0.126. The first-order valence-corrected chi connectivity index (χ1v) is 9.97. The van der Waals surface area contributed by atoms with Gasteiger partial charge in [0, 0.05) is 37.7 Å². The SMILES string of the molecule is O=C(NCCNC(=O)C1CCN(C(=O)c2cccs2)CC1)c1ccccc1. The van der Waals surface area contributed by atoms with Crippen molar-refractivity contribution < 1.29 is 14.4 Å². The molecule has 2 N–H and O–H groups in total. The highest BCUT2D eigenvalue weighted by Crippen LogP contribution is 2.20. The second kappa shape index (κ2) is 9.32. The van der Waals surface area contributed by atoms with E-state index in [1.165, 1.54) is 11.3 Å². The predicted octanol–water partition coefficient (Wildman–Crippen LogP) is 2.15. The van der Waals surface area contributed by atoms with Crippen molar-refractivity contribution in [1.29, 1.82) is 0 Å². The van der Waals surface area contributed by atoms with Gasteiger partial charge in [-0.25, -0.2) is 0 Å². The summed E-state index contributed by atoms with van der Waals surface area (Å²) in [5, 5.41) is 7.56. The van der Waals surface area contributed by atoms with Crippen molar-refractivity contribution in [1.82, 2.24) is 15.5 Å². The number of hydrogen-bond acceptors (Lipinski definition) is 4. The van der Waals surface area contributed by atoms with Crippen LogP contribution in [0.25, 0.3) is 0 Å². The lowest BCUT2D eigenvalue weighted by atomic mass is 9.96. The van der Waals surface area contributed by atoms with Gasteiger partial charge in [0.15, 0.2) is 0 Å². The third-order valence-corrected chi connectivity index (χ3v) is 5.49. The van der Waals surface area contributed by atoms with Crippen LogP contribution in [0.3, 0.4) is 0 Å². The van der Waals surface area contributed by atoms with Crippen molar-refractivity contribution >= 4 is 29.1 Å². The van der Waals surface area contributed by atoms with Crippen LogP contribution in [0.4, 0.5) is 0 Å². The van der Waals surface area contributed by atoms with Crippen molar-refractivity contribution in [3.05, 3.63) is 58.3 Å². The zero-order valence-corrected chi connectivity index (χ0v) is 15.8. The fourth-order valence-corrected chi connectivity index (χ4v) is 3.79. The van der Waals surface area contributed by atoms with Gasteiger partial charge in [-0.05, 0) is 36.4 Å². The van der Waals surface area contributed by atoms with Crippen molar-refractivity contribution in [3.63, 3.8) is 0 Å². The average molecular weight is 385 g/mol. The normalized spacial score (nSPS) is 14.6. The number of nitrogens with zero attached hydrogens (tertiary/aromatic N) is 1. The van der Waals surface area contributed by atoms with E-state index < -0.39 is 0 Å². The highest BCUT2D eigenvalue weighted by molar-refractivity contribution is 7.12. The monoisotopic (exact) mass is 385 g/mol. The summed E-state index contributed by atoms with van der Waals surface area (Å²) in [5.41, 5.74) is 0.603. The summed E-state index contributed by atoms with van der Waals surface area (Å²) >= 11 is 1.44. The Hall–Kier alpha value is -2.67. The Kier molecular flexibility index (Phi) is 6.59. The first-order chi connectivity index (χ1) is 13.1. The van der Waals surface area contributed by atoms with Crippen LogP contribution >= 0.6 is 11.3 Å². The van der Waals surface area contributed by atoms with Gasteiger partial charge in [0.1, 0.15) is 0 Å². The van der Waals surface area contributed by atoms with Crippen LogP contribution < -0.4 is 10.6 Å². The fourth-order valence-electron chi connectivity index (χ4n) is 3.10. The van der Waals surface area contributed by atoms with Gasteiger partial charge in [0.25, 0.3) is 11.8 Å². The number of hydrogen-bond donors (Lipinski definition) is 2. The Labute approximate surface area is 162 Å². The summed E-state index contributed by atoms with van der Waals surface area (Å²) < 4.78 is 0. The van der Waals surface area contributed by atoms with E-state index >= 15 is 0 Å². The number of likely N-dealkylation sites (tertiary alicyclic amines) is 1. The Bertz CT molecular complexity index is 769. The summed E-state index contributed by atoms with van der Waals surface area (Å²) in [7, 11) is 0. The van der Waals surface area contributed by atoms with Crippen LogP contribution in [0.1, 0.15) is 32.9 Å². The van der Waals surface area contributed by atoms with Gasteiger partial charge in [0.05, 0.1) is 4.88 Å². The predicted molar refractivity (Wildman–Crippen MR) is 105 cm³/mol. The fraction of sp³-hybridized carbons (Fsp3) is 0.350. The summed E-state index contributed by atoms with van der Waals surface area (Å²) in [4.78, 5) is 39.1. The molecular formula is C20H23N3O3S. The average Bonchev–Trinajstić information content (AvgIpc) is 3.26. The van der Waals surface area contributed by atoms with Crippen molar-refractivity contribution in [2.45, 2.75) is 12.8 Å². The molecule has 1 saturated heterocycles. The summed E-state index contributed by atoms with van der Waals surface area (Å²) in [6.45, 7) is 1.97. The molecule has 7 heteroatoms. The number of carbonyl (C=O) groups is 3. The molecule has 0 unspecified atom stereocenters. The maximum Gasteiger partial charge on any atom is 0.263 e. The van der Waals surface area contributed by atoms with E-state index in [2.05, 4.69) is 10.6 Å². The van der Waals surface area contributed by atoms with Crippen LogP contribution in [0, 0.1) is 5.92 Å². The molecule has 2 aromatic rings. The number of carbonyl (C=O) groups excluding carboxylic acids is 3. The molecule has 0 radical (unpaired) electrons. The van der Waals surface area contributed by atoms with E-state index in [4.69, 9.17) is 0 Å². The largest absolute Gasteiger partial charge is 0.354 e. The molecule has 1 aliphatic heterocycles. The van der Waals surface area contributed by atoms with Gasteiger partial charge in [-0.1, -0.05) is 24.3 Å². The molecule has 1 aromatic heterocycles. The highest BCUT2D eigenvalue weighted by atomic mass is 32.1. The molecule has 1 aromatic carbocycles. The Morgan fingerprint density at radius 2 is 1.67 bits per heavy atom. The van der Waals surface area contributed by atoms with E-state index in [0.29, 0.717) is 44.6 Å². The molecule has 0 bridgehead atoms. The lowest BCUT2D eigenvalue weighted by Gasteiger charge is -2.31. The van der Waals surface area contributed by atoms with Crippen molar-refractivity contribution in [2.24, 2.45) is 5.92 Å². The Morgan fingerprint density at radius 3 is 2.33 bits per heavy atom. The topological polar surface area (TPSA) is 78.5 Å². The summed E-state index contributed by atoms with van der Waals surface area (Å²) in [5.74, 6) is -0.188. The second-order valence-corrected chi connectivity index (χ2v) is 7.40. The number of amides is 3. The zero-order valence-electron chi connectivity index (χ0n) is 15.0. The molecule has 6 nitrogen and oxygen atoms in total. The van der Waals surface area contributed by atoms with E-state index in [1.54, 1.807) is 12.1 Å². The zero-order chi connectivity index (χ0) is 19.1. The number of thiophene rings is 1. The van der Waals surface area contributed by atoms with Gasteiger partial charge < -0.3 is 15.5 Å². The molecule has 0 aliphatic carbocycles. The maximum absolute atomic E-state index is 12.3. The smallest absolute Gasteiger partial charge is 0.263 e. The maximum atomic E-state index is 12.3.